The van der Waals surface area contributed by atoms with Crippen molar-refractivity contribution in [2.24, 2.45) is 11.8 Å². The molecule has 0 aliphatic rings. The molecule has 17 nitrogen and oxygen atoms in total. The van der Waals surface area contributed by atoms with Crippen LogP contribution in [0.15, 0.2) is 0 Å². The number of phosphoric ester groups is 2. The molecular weight excluding hydrogens is 1230 g/mol. The van der Waals surface area contributed by atoms with Crippen molar-refractivity contribution in [2.45, 2.75) is 407 Å². The molecule has 0 aliphatic heterocycles. The third kappa shape index (κ3) is 68.6. The van der Waals surface area contributed by atoms with Crippen LogP contribution in [0.4, 0.5) is 0 Å². The molecule has 0 heterocycles. The second kappa shape index (κ2) is 66.9. The van der Waals surface area contributed by atoms with Crippen LogP contribution in [-0.2, 0) is 65.4 Å². The molecule has 558 valence electrons. The van der Waals surface area contributed by atoms with Gasteiger partial charge in [0.1, 0.15) is 19.3 Å². The van der Waals surface area contributed by atoms with E-state index >= 15 is 0 Å². The van der Waals surface area contributed by atoms with E-state index < -0.39 is 97.5 Å². The minimum absolute atomic E-state index is 0.106. The largest absolute Gasteiger partial charge is 0.472 e. The molecular formula is C75H146O17P2. The highest BCUT2D eigenvalue weighted by molar-refractivity contribution is 7.47. The van der Waals surface area contributed by atoms with E-state index in [1.807, 2.05) is 0 Å². The van der Waals surface area contributed by atoms with Crippen molar-refractivity contribution < 1.29 is 80.2 Å². The van der Waals surface area contributed by atoms with Gasteiger partial charge >= 0.3 is 39.5 Å². The van der Waals surface area contributed by atoms with Crippen molar-refractivity contribution in [2.75, 3.05) is 39.6 Å². The second-order valence-corrected chi connectivity index (χ2v) is 30.9. The van der Waals surface area contributed by atoms with Crippen LogP contribution in [-0.4, -0.2) is 96.7 Å². The van der Waals surface area contributed by atoms with Crippen LogP contribution in [0, 0.1) is 11.8 Å². The Kier molecular flexibility index (Phi) is 65.5. The van der Waals surface area contributed by atoms with E-state index in [0.717, 1.165) is 102 Å². The zero-order chi connectivity index (χ0) is 69.3. The lowest BCUT2D eigenvalue weighted by molar-refractivity contribution is -0.161. The van der Waals surface area contributed by atoms with E-state index in [1.165, 1.54) is 205 Å². The maximum Gasteiger partial charge on any atom is 0.472 e. The number of ether oxygens (including phenoxy) is 4. The Hall–Kier alpha value is -1.94. The van der Waals surface area contributed by atoms with Crippen molar-refractivity contribution in [1.29, 1.82) is 0 Å². The smallest absolute Gasteiger partial charge is 0.462 e. The molecule has 0 aromatic carbocycles. The first-order valence-electron chi connectivity index (χ1n) is 39.0. The van der Waals surface area contributed by atoms with Gasteiger partial charge in [0.2, 0.25) is 0 Å². The quantitative estimate of drug-likeness (QED) is 0.0222. The van der Waals surface area contributed by atoms with E-state index in [-0.39, 0.29) is 25.7 Å². The Balaban J connectivity index is 5.25. The first kappa shape index (κ1) is 92.1. The van der Waals surface area contributed by atoms with E-state index in [2.05, 4.69) is 41.5 Å². The van der Waals surface area contributed by atoms with Crippen LogP contribution in [0.1, 0.15) is 388 Å². The number of aliphatic hydroxyl groups excluding tert-OH is 1. The zero-order valence-electron chi connectivity index (χ0n) is 61.3. The third-order valence-corrected chi connectivity index (χ3v) is 19.4. The maximum absolute atomic E-state index is 13.1. The van der Waals surface area contributed by atoms with Gasteiger partial charge in [-0.25, -0.2) is 9.13 Å². The van der Waals surface area contributed by atoms with Crippen LogP contribution in [0.3, 0.4) is 0 Å². The molecule has 0 saturated carbocycles. The summed E-state index contributed by atoms with van der Waals surface area (Å²) in [6.45, 7) is 9.58. The lowest BCUT2D eigenvalue weighted by Crippen LogP contribution is -2.30. The molecule has 3 N–H and O–H groups in total. The minimum atomic E-state index is -4.96. The van der Waals surface area contributed by atoms with Gasteiger partial charge in [-0.1, -0.05) is 337 Å². The summed E-state index contributed by atoms with van der Waals surface area (Å²) in [6.07, 6.45) is 54.0. The van der Waals surface area contributed by atoms with Gasteiger partial charge in [-0.3, -0.25) is 37.3 Å². The molecule has 0 saturated heterocycles. The predicted octanol–water partition coefficient (Wildman–Crippen LogP) is 21.9. The summed E-state index contributed by atoms with van der Waals surface area (Å²) in [5.41, 5.74) is 0. The molecule has 19 heteroatoms. The van der Waals surface area contributed by atoms with Gasteiger partial charge in [0.25, 0.3) is 0 Å². The van der Waals surface area contributed by atoms with Crippen molar-refractivity contribution in [3.63, 3.8) is 0 Å². The molecule has 0 aromatic heterocycles. The first-order valence-corrected chi connectivity index (χ1v) is 42.0. The van der Waals surface area contributed by atoms with Gasteiger partial charge in [-0.2, -0.15) is 0 Å². The normalized spacial score (nSPS) is 14.0. The fourth-order valence-corrected chi connectivity index (χ4v) is 13.1. The van der Waals surface area contributed by atoms with Crippen LogP contribution in [0.2, 0.25) is 0 Å². The van der Waals surface area contributed by atoms with Gasteiger partial charge in [-0.15, -0.1) is 0 Å². The van der Waals surface area contributed by atoms with E-state index in [4.69, 9.17) is 37.0 Å². The highest BCUT2D eigenvalue weighted by Gasteiger charge is 2.30. The second-order valence-electron chi connectivity index (χ2n) is 28.0. The van der Waals surface area contributed by atoms with Crippen molar-refractivity contribution in [3.8, 4) is 0 Å². The average molecular weight is 1380 g/mol. The Morgan fingerprint density at radius 3 is 0.723 bits per heavy atom. The Morgan fingerprint density at radius 2 is 0.489 bits per heavy atom. The van der Waals surface area contributed by atoms with Crippen molar-refractivity contribution >= 4 is 39.5 Å². The molecule has 0 aliphatic carbocycles. The standard InChI is InChI=1S/C75H146O17P2/c1-7-9-11-13-15-17-19-20-21-22-23-24-26-35-41-47-53-59-74(79)91-70(64-86-73(78)58-52-46-40-34-29-27-31-37-43-49-55-67(3)4)65-89-93(81,82)87-61-69(76)62-88-94(83,84)90-66-71(63-85-72(77)57-51-45-39-33-25-18-16-14-12-10-8-2)92-75(80)60-54-48-42-36-30-28-32-38-44-50-56-68(5)6/h67-71,76H,7-66H2,1-6H3,(H,81,82)(H,83,84)/t69-,70-,71-/m1/s1. The molecule has 0 fully saturated rings. The van der Waals surface area contributed by atoms with Crippen LogP contribution < -0.4 is 0 Å². The number of aliphatic hydroxyl groups is 1. The van der Waals surface area contributed by atoms with E-state index in [1.54, 1.807) is 0 Å². The third-order valence-electron chi connectivity index (χ3n) is 17.5. The fourth-order valence-electron chi connectivity index (χ4n) is 11.5. The summed E-state index contributed by atoms with van der Waals surface area (Å²) < 4.78 is 68.5. The molecule has 2 unspecified atom stereocenters. The summed E-state index contributed by atoms with van der Waals surface area (Å²) in [5.74, 6) is -0.605. The first-order chi connectivity index (χ1) is 45.4. The summed E-state index contributed by atoms with van der Waals surface area (Å²) in [6, 6.07) is 0. The number of carbonyl (C=O) groups excluding carboxylic acids is 4. The number of rotatable bonds is 74. The molecule has 0 bridgehead atoms. The molecule has 0 radical (unpaired) electrons. The van der Waals surface area contributed by atoms with Crippen molar-refractivity contribution in [1.82, 2.24) is 0 Å². The molecule has 0 rings (SSSR count). The van der Waals surface area contributed by atoms with E-state index in [9.17, 15) is 43.2 Å². The number of unbranched alkanes of at least 4 members (excludes halogenated alkanes) is 44. The summed E-state index contributed by atoms with van der Waals surface area (Å²) >= 11 is 0. The SMILES string of the molecule is CCCCCCCCCCCCCCCCCCCC(=O)O[C@H](COC(=O)CCCCCCCCCCCCC(C)C)COP(=O)(O)OC[C@@H](O)COP(=O)(O)OC[C@@H](COC(=O)CCCCCCCCCCCCC)OC(=O)CCCCCCCCCCCCC(C)C. The lowest BCUT2D eigenvalue weighted by Gasteiger charge is -2.21. The number of hydrogen-bond donors (Lipinski definition) is 3. The monoisotopic (exact) mass is 1380 g/mol. The fraction of sp³-hybridized carbons (Fsp3) is 0.947. The van der Waals surface area contributed by atoms with E-state index in [0.29, 0.717) is 25.7 Å². The Labute approximate surface area is 575 Å². The van der Waals surface area contributed by atoms with Gasteiger partial charge in [0.15, 0.2) is 12.2 Å². The minimum Gasteiger partial charge on any atom is -0.462 e. The number of carbonyl (C=O) groups is 4. The lowest BCUT2D eigenvalue weighted by atomic mass is 10.0. The molecule has 0 spiro atoms. The zero-order valence-corrected chi connectivity index (χ0v) is 63.1. The summed E-state index contributed by atoms with van der Waals surface area (Å²) in [5, 5.41) is 10.6. The number of hydrogen-bond acceptors (Lipinski definition) is 15. The summed E-state index contributed by atoms with van der Waals surface area (Å²) in [4.78, 5) is 72.8. The molecule has 0 aromatic rings. The molecule has 94 heavy (non-hydrogen) atoms. The van der Waals surface area contributed by atoms with Gasteiger partial charge < -0.3 is 33.8 Å². The van der Waals surface area contributed by atoms with Gasteiger partial charge in [0.05, 0.1) is 26.4 Å². The van der Waals surface area contributed by atoms with Crippen LogP contribution >= 0.6 is 15.6 Å². The van der Waals surface area contributed by atoms with Crippen LogP contribution in [0.5, 0.6) is 0 Å². The Morgan fingerprint density at radius 1 is 0.287 bits per heavy atom. The van der Waals surface area contributed by atoms with Crippen LogP contribution in [0.25, 0.3) is 0 Å². The highest BCUT2D eigenvalue weighted by Crippen LogP contribution is 2.45. The van der Waals surface area contributed by atoms with Gasteiger partial charge in [-0.05, 0) is 37.5 Å². The predicted molar refractivity (Wildman–Crippen MR) is 381 cm³/mol. The number of esters is 4. The number of phosphoric acid groups is 2. The highest BCUT2D eigenvalue weighted by atomic mass is 31.2. The maximum atomic E-state index is 13.1. The molecule has 0 amide bonds. The molecule has 5 atom stereocenters. The van der Waals surface area contributed by atoms with Gasteiger partial charge in [0, 0.05) is 25.7 Å². The summed E-state index contributed by atoms with van der Waals surface area (Å²) in [7, 11) is -9.91. The Bertz CT molecular complexity index is 1820. The topological polar surface area (TPSA) is 237 Å². The average Bonchev–Trinajstić information content (AvgIpc) is 1.99. The van der Waals surface area contributed by atoms with Crippen molar-refractivity contribution in [3.05, 3.63) is 0 Å².